The van der Waals surface area contributed by atoms with Crippen LogP contribution in [-0.2, 0) is 4.79 Å². The van der Waals surface area contributed by atoms with Gasteiger partial charge in [-0.2, -0.15) is 0 Å². The molecule has 0 radical (unpaired) electrons. The van der Waals surface area contributed by atoms with Crippen molar-refractivity contribution in [3.63, 3.8) is 0 Å². The molecule has 0 aliphatic carbocycles. The number of fused-ring (bicyclic) bond motifs is 1. The molecule has 0 saturated carbocycles. The van der Waals surface area contributed by atoms with Gasteiger partial charge in [0, 0.05) is 49.7 Å². The number of thiazole rings is 1. The fourth-order valence-electron chi connectivity index (χ4n) is 3.88. The van der Waals surface area contributed by atoms with Gasteiger partial charge in [0.25, 0.3) is 0 Å². The third-order valence-electron chi connectivity index (χ3n) is 6.49. The number of nitrogens with two attached hydrogens (primary N) is 1. The second-order valence-electron chi connectivity index (χ2n) is 8.45. The first kappa shape index (κ1) is 24.7. The van der Waals surface area contributed by atoms with Crippen molar-refractivity contribution in [1.29, 1.82) is 0 Å². The largest absolute Gasteiger partial charge is 0.375 e. The van der Waals surface area contributed by atoms with E-state index in [0.717, 1.165) is 12.8 Å². The Morgan fingerprint density at radius 3 is 2.58 bits per heavy atom. The number of aromatic nitrogens is 2. The molecule has 1 aromatic carbocycles. The molecule has 178 valence electrons. The van der Waals surface area contributed by atoms with Gasteiger partial charge < -0.3 is 20.1 Å². The van der Waals surface area contributed by atoms with Crippen LogP contribution in [0.25, 0.3) is 22.2 Å². The van der Waals surface area contributed by atoms with Gasteiger partial charge in [0.1, 0.15) is 5.82 Å². The number of benzene rings is 1. The van der Waals surface area contributed by atoms with Crippen molar-refractivity contribution in [2.45, 2.75) is 40.2 Å². The number of nitrogen functional groups attached to an aromatic ring is 1. The monoisotopic (exact) mass is 473 g/mol. The number of likely N-dealkylation sites (N-methyl/N-ethyl adjacent to an activating group) is 2. The Morgan fingerprint density at radius 2 is 2.00 bits per heavy atom. The highest BCUT2D eigenvalue weighted by Gasteiger charge is 2.21. The van der Waals surface area contributed by atoms with Gasteiger partial charge in [0.2, 0.25) is 6.41 Å². The standard InChI is InChI=1S/C24H32FN5O2S/c1-6-15(3)16(4)30-12-18(20-13-33-24(26)27-20)23(32)17-10-19(25)22(11-21(17)30)28(5)8-9-29(7-2)14-31/h10-16H,6-9H2,1-5H3,(H2,26,27). The van der Waals surface area contributed by atoms with Crippen LogP contribution in [0.5, 0.6) is 0 Å². The molecule has 3 aromatic rings. The highest BCUT2D eigenvalue weighted by molar-refractivity contribution is 7.13. The van der Waals surface area contributed by atoms with E-state index in [1.54, 1.807) is 28.3 Å². The lowest BCUT2D eigenvalue weighted by atomic mass is 9.98. The van der Waals surface area contributed by atoms with Crippen LogP contribution in [0.3, 0.4) is 0 Å². The quantitative estimate of drug-likeness (QED) is 0.442. The fraction of sp³-hybridized carbons (Fsp3) is 0.458. The first-order chi connectivity index (χ1) is 15.7. The highest BCUT2D eigenvalue weighted by atomic mass is 32.1. The molecule has 9 heteroatoms. The number of halogens is 1. The van der Waals surface area contributed by atoms with Crippen LogP contribution >= 0.6 is 11.3 Å². The summed E-state index contributed by atoms with van der Waals surface area (Å²) in [4.78, 5) is 32.2. The normalized spacial score (nSPS) is 13.2. The molecule has 2 unspecified atom stereocenters. The molecule has 2 N–H and O–H groups in total. The minimum absolute atomic E-state index is 0.0714. The molecule has 0 spiro atoms. The topological polar surface area (TPSA) is 84.5 Å². The van der Waals surface area contributed by atoms with Crippen molar-refractivity contribution >= 4 is 39.5 Å². The van der Waals surface area contributed by atoms with E-state index in [4.69, 9.17) is 5.73 Å². The van der Waals surface area contributed by atoms with Gasteiger partial charge in [0.05, 0.1) is 22.5 Å². The Hall–Kier alpha value is -2.94. The van der Waals surface area contributed by atoms with E-state index in [2.05, 4.69) is 30.3 Å². The van der Waals surface area contributed by atoms with E-state index in [0.29, 0.717) is 58.5 Å². The molecule has 2 atom stereocenters. The maximum atomic E-state index is 15.2. The third kappa shape index (κ3) is 5.03. The average molecular weight is 474 g/mol. The van der Waals surface area contributed by atoms with Crippen LogP contribution in [0, 0.1) is 11.7 Å². The molecule has 3 rings (SSSR count). The average Bonchev–Trinajstić information content (AvgIpc) is 3.24. The zero-order valence-corrected chi connectivity index (χ0v) is 20.7. The molecular weight excluding hydrogens is 441 g/mol. The summed E-state index contributed by atoms with van der Waals surface area (Å²) in [6, 6.07) is 3.13. The number of carbonyl (C=O) groups is 1. The molecule has 0 aliphatic rings. The molecule has 33 heavy (non-hydrogen) atoms. The molecular formula is C24H32FN5O2S. The Balaban J connectivity index is 2.18. The van der Waals surface area contributed by atoms with Gasteiger partial charge in [-0.15, -0.1) is 11.3 Å². The summed E-state index contributed by atoms with van der Waals surface area (Å²) in [5, 5.41) is 2.44. The minimum atomic E-state index is -0.478. The number of pyridine rings is 1. The van der Waals surface area contributed by atoms with Gasteiger partial charge in [0.15, 0.2) is 10.6 Å². The van der Waals surface area contributed by atoms with Crippen LogP contribution in [0.2, 0.25) is 0 Å². The first-order valence-electron chi connectivity index (χ1n) is 11.2. The molecule has 0 saturated heterocycles. The predicted octanol–water partition coefficient (Wildman–Crippen LogP) is 4.37. The van der Waals surface area contributed by atoms with Gasteiger partial charge in [-0.1, -0.05) is 20.3 Å². The van der Waals surface area contributed by atoms with Crippen LogP contribution < -0.4 is 16.1 Å². The molecule has 2 aromatic heterocycles. The van der Waals surface area contributed by atoms with E-state index in [9.17, 15) is 9.59 Å². The minimum Gasteiger partial charge on any atom is -0.375 e. The van der Waals surface area contributed by atoms with E-state index in [1.807, 2.05) is 13.1 Å². The first-order valence-corrected chi connectivity index (χ1v) is 12.1. The smallest absolute Gasteiger partial charge is 0.209 e. The van der Waals surface area contributed by atoms with Gasteiger partial charge >= 0.3 is 0 Å². The lowest BCUT2D eigenvalue weighted by molar-refractivity contribution is -0.117. The van der Waals surface area contributed by atoms with Crippen LogP contribution in [0.15, 0.2) is 28.5 Å². The van der Waals surface area contributed by atoms with Gasteiger partial charge in [-0.05, 0) is 31.9 Å². The van der Waals surface area contributed by atoms with Crippen LogP contribution in [-0.4, -0.2) is 47.5 Å². The molecule has 2 heterocycles. The summed E-state index contributed by atoms with van der Waals surface area (Å²) >= 11 is 1.27. The Bertz CT molecular complexity index is 1190. The second kappa shape index (κ2) is 10.3. The van der Waals surface area contributed by atoms with E-state index in [1.165, 1.54) is 17.4 Å². The summed E-state index contributed by atoms with van der Waals surface area (Å²) in [6.07, 6.45) is 3.58. The molecule has 7 nitrogen and oxygen atoms in total. The number of carbonyl (C=O) groups excluding carboxylic acids is 1. The van der Waals surface area contributed by atoms with Crippen molar-refractivity contribution in [3.8, 4) is 11.3 Å². The number of rotatable bonds is 10. The van der Waals surface area contributed by atoms with E-state index < -0.39 is 5.82 Å². The van der Waals surface area contributed by atoms with Crippen molar-refractivity contribution < 1.29 is 9.18 Å². The Morgan fingerprint density at radius 1 is 1.27 bits per heavy atom. The maximum absolute atomic E-state index is 15.2. The molecule has 1 amide bonds. The van der Waals surface area contributed by atoms with E-state index >= 15 is 4.39 Å². The lowest BCUT2D eigenvalue weighted by Gasteiger charge is -2.27. The number of amides is 1. The second-order valence-corrected chi connectivity index (χ2v) is 9.34. The summed E-state index contributed by atoms with van der Waals surface area (Å²) in [5.41, 5.74) is 7.51. The van der Waals surface area contributed by atoms with Crippen molar-refractivity contribution in [2.75, 3.05) is 37.3 Å². The number of anilines is 2. The molecule has 0 aliphatic heterocycles. The van der Waals surface area contributed by atoms with E-state index in [-0.39, 0.29) is 11.5 Å². The van der Waals surface area contributed by atoms with Gasteiger partial charge in [-0.3, -0.25) is 9.59 Å². The van der Waals surface area contributed by atoms with Crippen molar-refractivity contribution in [2.24, 2.45) is 5.92 Å². The molecule has 0 fully saturated rings. The number of hydrogen-bond acceptors (Lipinski definition) is 6. The predicted molar refractivity (Wildman–Crippen MR) is 134 cm³/mol. The number of hydrogen-bond donors (Lipinski definition) is 1. The lowest BCUT2D eigenvalue weighted by Crippen LogP contribution is -2.32. The van der Waals surface area contributed by atoms with Crippen LogP contribution in [0.4, 0.5) is 15.2 Å². The highest BCUT2D eigenvalue weighted by Crippen LogP contribution is 2.31. The summed E-state index contributed by atoms with van der Waals surface area (Å²) < 4.78 is 17.3. The fourth-order valence-corrected chi connectivity index (χ4v) is 4.44. The van der Waals surface area contributed by atoms with Crippen molar-refractivity contribution in [3.05, 3.63) is 39.8 Å². The van der Waals surface area contributed by atoms with Crippen LogP contribution in [0.1, 0.15) is 40.2 Å². The zero-order valence-electron chi connectivity index (χ0n) is 19.8. The molecule has 0 bridgehead atoms. The zero-order chi connectivity index (χ0) is 24.3. The Labute approximate surface area is 197 Å². The van der Waals surface area contributed by atoms with Crippen molar-refractivity contribution in [1.82, 2.24) is 14.5 Å². The third-order valence-corrected chi connectivity index (χ3v) is 7.17. The Kier molecular flexibility index (Phi) is 7.73. The summed E-state index contributed by atoms with van der Waals surface area (Å²) in [5.74, 6) is -0.144. The van der Waals surface area contributed by atoms with Gasteiger partial charge in [-0.25, -0.2) is 9.37 Å². The SMILES string of the molecule is CCC(C)C(C)n1cc(-c2csc(N)n2)c(=O)c2cc(F)c(N(C)CCN(C=O)CC)cc21. The number of nitrogens with zero attached hydrogens (tertiary/aromatic N) is 4. The summed E-state index contributed by atoms with van der Waals surface area (Å²) in [7, 11) is 1.79. The maximum Gasteiger partial charge on any atom is 0.209 e. The summed E-state index contributed by atoms with van der Waals surface area (Å²) in [6.45, 7) is 9.82.